The third kappa shape index (κ3) is 5.36. The number of hydrogen-bond donors (Lipinski definition) is 2. The van der Waals surface area contributed by atoms with Crippen molar-refractivity contribution in [1.82, 2.24) is 0 Å². The van der Waals surface area contributed by atoms with E-state index in [0.29, 0.717) is 11.3 Å². The first-order chi connectivity index (χ1) is 15.1. The quantitative estimate of drug-likeness (QED) is 0.382. The van der Waals surface area contributed by atoms with Crippen molar-refractivity contribution >= 4 is 46.5 Å². The molecule has 1 amide bonds. The van der Waals surface area contributed by atoms with Gasteiger partial charge < -0.3 is 10.4 Å². The molecule has 3 rings (SSSR count). The van der Waals surface area contributed by atoms with Gasteiger partial charge in [-0.25, -0.2) is 0 Å². The Hall–Kier alpha value is -3.15. The highest BCUT2D eigenvalue weighted by Crippen LogP contribution is 2.27. The van der Waals surface area contributed by atoms with E-state index in [0.717, 1.165) is 11.1 Å². The van der Waals surface area contributed by atoms with Crippen molar-refractivity contribution in [3.63, 3.8) is 0 Å². The van der Waals surface area contributed by atoms with Crippen LogP contribution in [0.1, 0.15) is 41.0 Å². The Morgan fingerprint density at radius 3 is 1.84 bits per heavy atom. The Morgan fingerprint density at radius 2 is 1.34 bits per heavy atom. The molecule has 0 fully saturated rings. The minimum Gasteiger partial charge on any atom is -0.481 e. The third-order valence-electron chi connectivity index (χ3n) is 5.05. The van der Waals surface area contributed by atoms with Crippen molar-refractivity contribution in [3.05, 3.63) is 87.9 Å². The smallest absolute Gasteiger partial charge is 0.309 e. The second-order valence-electron chi connectivity index (χ2n) is 7.99. The van der Waals surface area contributed by atoms with E-state index in [4.69, 9.17) is 23.2 Å². The van der Waals surface area contributed by atoms with Crippen LogP contribution in [0.4, 0.5) is 5.69 Å². The van der Waals surface area contributed by atoms with Crippen molar-refractivity contribution in [2.75, 3.05) is 5.32 Å². The number of aliphatic carboxylic acids is 1. The molecule has 0 aliphatic carbocycles. The third-order valence-corrected chi connectivity index (χ3v) is 5.68. The monoisotopic (exact) mass is 469 g/mol. The fraction of sp³-hybridized carbons (Fsp3) is 0.160. The molecule has 0 saturated carbocycles. The summed E-state index contributed by atoms with van der Waals surface area (Å²) in [5.41, 5.74) is 1.91. The number of carbonyl (C=O) groups is 3. The van der Waals surface area contributed by atoms with Crippen molar-refractivity contribution < 1.29 is 19.5 Å². The number of amides is 1. The van der Waals surface area contributed by atoms with Gasteiger partial charge in [-0.05, 0) is 49.2 Å². The van der Waals surface area contributed by atoms with E-state index in [-0.39, 0.29) is 27.8 Å². The predicted octanol–water partition coefficient (Wildman–Crippen LogP) is 6.60. The number of carbonyl (C=O) groups excluding carboxylic acids is 2. The van der Waals surface area contributed by atoms with Crippen molar-refractivity contribution in [2.24, 2.45) is 5.41 Å². The average molecular weight is 470 g/mol. The van der Waals surface area contributed by atoms with Crippen LogP contribution in [0.2, 0.25) is 10.0 Å². The molecule has 0 bridgehead atoms. The maximum atomic E-state index is 12.5. The summed E-state index contributed by atoms with van der Waals surface area (Å²) in [5.74, 6) is -1.63. The molecule has 0 heterocycles. The van der Waals surface area contributed by atoms with Crippen LogP contribution >= 0.6 is 23.2 Å². The van der Waals surface area contributed by atoms with Crippen LogP contribution in [0.5, 0.6) is 0 Å². The van der Waals surface area contributed by atoms with Crippen LogP contribution in [-0.4, -0.2) is 22.8 Å². The molecule has 3 aromatic carbocycles. The van der Waals surface area contributed by atoms with Gasteiger partial charge in [-0.1, -0.05) is 65.7 Å². The molecular weight excluding hydrogens is 449 g/mol. The van der Waals surface area contributed by atoms with Gasteiger partial charge in [0, 0.05) is 17.7 Å². The second kappa shape index (κ2) is 9.55. The van der Waals surface area contributed by atoms with Crippen LogP contribution in [-0.2, 0) is 4.79 Å². The minimum atomic E-state index is -1.12. The number of ketones is 1. The summed E-state index contributed by atoms with van der Waals surface area (Å²) in [6.07, 6.45) is -0.0779. The van der Waals surface area contributed by atoms with E-state index in [9.17, 15) is 19.5 Å². The molecule has 0 atom stereocenters. The summed E-state index contributed by atoms with van der Waals surface area (Å²) >= 11 is 12.2. The van der Waals surface area contributed by atoms with E-state index in [1.165, 1.54) is 13.8 Å². The lowest BCUT2D eigenvalue weighted by Gasteiger charge is -2.17. The van der Waals surface area contributed by atoms with Gasteiger partial charge in [0.05, 0.1) is 21.0 Å². The standard InChI is InChI=1S/C25H21Cl2NO4/c1-25(2,24(31)32)14-21(29)17-8-6-15(7-9-17)16-10-12-18(13-11-16)28-23(30)22-19(26)4-3-5-20(22)27/h3-13H,14H2,1-2H3,(H,28,30)(H,31,32). The molecular formula is C25H21Cl2NO4. The number of carboxylic acids is 1. The zero-order valence-electron chi connectivity index (χ0n) is 17.5. The largest absolute Gasteiger partial charge is 0.481 e. The Labute approximate surface area is 196 Å². The number of anilines is 1. The van der Waals surface area contributed by atoms with Crippen LogP contribution in [0.15, 0.2) is 66.7 Å². The molecule has 0 aliphatic heterocycles. The summed E-state index contributed by atoms with van der Waals surface area (Å²) in [7, 11) is 0. The first-order valence-corrected chi connectivity index (χ1v) is 10.6. The molecule has 5 nitrogen and oxygen atoms in total. The molecule has 0 saturated heterocycles. The number of rotatable bonds is 7. The van der Waals surface area contributed by atoms with E-state index < -0.39 is 17.3 Å². The Kier molecular flexibility index (Phi) is 7.02. The SMILES string of the molecule is CC(C)(CC(=O)c1ccc(-c2ccc(NC(=O)c3c(Cl)cccc3Cl)cc2)cc1)C(=O)O. The van der Waals surface area contributed by atoms with Gasteiger partial charge in [-0.2, -0.15) is 0 Å². The van der Waals surface area contributed by atoms with Gasteiger partial charge in [-0.15, -0.1) is 0 Å². The summed E-state index contributed by atoms with van der Waals surface area (Å²) in [6, 6.07) is 19.0. The van der Waals surface area contributed by atoms with E-state index in [2.05, 4.69) is 5.32 Å². The lowest BCUT2D eigenvalue weighted by Crippen LogP contribution is -2.26. The fourth-order valence-electron chi connectivity index (χ4n) is 3.08. The Morgan fingerprint density at radius 1 is 0.844 bits per heavy atom. The topological polar surface area (TPSA) is 83.5 Å². The predicted molar refractivity (Wildman–Crippen MR) is 127 cm³/mol. The van der Waals surface area contributed by atoms with Gasteiger partial charge >= 0.3 is 5.97 Å². The molecule has 3 aromatic rings. The molecule has 32 heavy (non-hydrogen) atoms. The van der Waals surface area contributed by atoms with Gasteiger partial charge in [-0.3, -0.25) is 14.4 Å². The highest BCUT2D eigenvalue weighted by atomic mass is 35.5. The number of hydrogen-bond acceptors (Lipinski definition) is 3. The molecule has 7 heteroatoms. The van der Waals surface area contributed by atoms with E-state index in [1.54, 1.807) is 54.6 Å². The Balaban J connectivity index is 1.70. The first kappa shape index (κ1) is 23.5. The zero-order chi connectivity index (χ0) is 23.5. The van der Waals surface area contributed by atoms with Crippen LogP contribution in [0.25, 0.3) is 11.1 Å². The molecule has 0 unspecified atom stereocenters. The molecule has 2 N–H and O–H groups in total. The van der Waals surface area contributed by atoms with Crippen LogP contribution < -0.4 is 5.32 Å². The normalized spacial score (nSPS) is 11.1. The average Bonchev–Trinajstić information content (AvgIpc) is 2.74. The number of halogens is 2. The summed E-state index contributed by atoms with van der Waals surface area (Å²) in [4.78, 5) is 36.2. The van der Waals surface area contributed by atoms with Crippen molar-refractivity contribution in [1.29, 1.82) is 0 Å². The molecule has 0 aromatic heterocycles. The highest BCUT2D eigenvalue weighted by Gasteiger charge is 2.30. The number of benzene rings is 3. The molecule has 164 valence electrons. The Bertz CT molecular complexity index is 1150. The van der Waals surface area contributed by atoms with Crippen LogP contribution in [0.3, 0.4) is 0 Å². The first-order valence-electron chi connectivity index (χ1n) is 9.81. The summed E-state index contributed by atoms with van der Waals surface area (Å²) in [5, 5.41) is 12.5. The van der Waals surface area contributed by atoms with E-state index >= 15 is 0 Å². The minimum absolute atomic E-state index is 0.0779. The lowest BCUT2D eigenvalue weighted by molar-refractivity contribution is -0.146. The number of carboxylic acid groups (broad SMARTS) is 1. The second-order valence-corrected chi connectivity index (χ2v) is 8.81. The summed E-state index contributed by atoms with van der Waals surface area (Å²) in [6.45, 7) is 3.06. The van der Waals surface area contributed by atoms with Gasteiger partial charge in [0.2, 0.25) is 0 Å². The van der Waals surface area contributed by atoms with Crippen LogP contribution in [0, 0.1) is 5.41 Å². The fourth-order valence-corrected chi connectivity index (χ4v) is 3.65. The van der Waals surface area contributed by atoms with Gasteiger partial charge in [0.25, 0.3) is 5.91 Å². The molecule has 0 radical (unpaired) electrons. The van der Waals surface area contributed by atoms with E-state index in [1.807, 2.05) is 12.1 Å². The van der Waals surface area contributed by atoms with Gasteiger partial charge in [0.1, 0.15) is 0 Å². The van der Waals surface area contributed by atoms with Crippen molar-refractivity contribution in [2.45, 2.75) is 20.3 Å². The number of Topliss-reactive ketones (excluding diaryl/α,β-unsaturated/α-hetero) is 1. The molecule has 0 spiro atoms. The highest BCUT2D eigenvalue weighted by molar-refractivity contribution is 6.40. The van der Waals surface area contributed by atoms with Crippen molar-refractivity contribution in [3.8, 4) is 11.1 Å². The van der Waals surface area contributed by atoms with Gasteiger partial charge in [0.15, 0.2) is 5.78 Å². The summed E-state index contributed by atoms with van der Waals surface area (Å²) < 4.78 is 0. The molecule has 0 aliphatic rings. The number of nitrogens with one attached hydrogen (secondary N) is 1. The lowest BCUT2D eigenvalue weighted by atomic mass is 9.85. The maximum absolute atomic E-state index is 12.5. The maximum Gasteiger partial charge on any atom is 0.309 e. The zero-order valence-corrected chi connectivity index (χ0v) is 19.0.